The average molecular weight is 197 g/mol. The minimum Gasteiger partial charge on any atom is -0.385 e. The summed E-state index contributed by atoms with van der Waals surface area (Å²) in [5, 5.41) is 2.51. The molecule has 4 nitrogen and oxygen atoms in total. The zero-order valence-electron chi connectivity index (χ0n) is 6.35. The highest BCUT2D eigenvalue weighted by atomic mass is 19.4. The number of hydrogen-bond donors (Lipinski definition) is 1. The van der Waals surface area contributed by atoms with E-state index >= 15 is 0 Å². The molecule has 1 rings (SSSR count). The van der Waals surface area contributed by atoms with Gasteiger partial charge in [-0.25, -0.2) is 9.59 Å². The zero-order chi connectivity index (χ0) is 10.1. The van der Waals surface area contributed by atoms with Crippen molar-refractivity contribution in [1.29, 1.82) is 0 Å². The lowest BCUT2D eigenvalue weighted by atomic mass is 10.1. The minimum absolute atomic E-state index is 0.393. The van der Waals surface area contributed by atoms with E-state index in [0.717, 1.165) is 0 Å². The first kappa shape index (κ1) is 9.97. The third-order valence-corrected chi connectivity index (χ3v) is 1.53. The molecule has 1 saturated heterocycles. The minimum atomic E-state index is -5.11. The molecule has 1 aliphatic rings. The molecule has 74 valence electrons. The molecular formula is C6H6F3NO3. The second-order valence-electron chi connectivity index (χ2n) is 2.50. The highest BCUT2D eigenvalue weighted by Crippen LogP contribution is 2.17. The van der Waals surface area contributed by atoms with E-state index in [4.69, 9.17) is 0 Å². The Morgan fingerprint density at radius 3 is 2.23 bits per heavy atom. The lowest BCUT2D eigenvalue weighted by Gasteiger charge is -2.24. The van der Waals surface area contributed by atoms with Crippen LogP contribution >= 0.6 is 0 Å². The van der Waals surface area contributed by atoms with E-state index in [1.807, 2.05) is 0 Å². The van der Waals surface area contributed by atoms with Crippen molar-refractivity contribution in [2.24, 2.45) is 0 Å². The molecule has 1 heterocycles. The standard InChI is InChI=1S/C6H6F3NO3/c7-6(8,9)5(12)13-4(11)3-1-2-10-3/h3,10H,1-2H2/t3-/m1/s1. The molecule has 0 unspecified atom stereocenters. The maximum atomic E-state index is 11.5. The molecule has 0 aromatic carbocycles. The Morgan fingerprint density at radius 2 is 1.92 bits per heavy atom. The van der Waals surface area contributed by atoms with Crippen molar-refractivity contribution in [2.75, 3.05) is 6.54 Å². The average Bonchev–Trinajstić information content (AvgIpc) is 1.79. The van der Waals surface area contributed by atoms with E-state index < -0.39 is 24.2 Å². The molecule has 0 amide bonds. The number of esters is 2. The van der Waals surface area contributed by atoms with Crippen LogP contribution in [0, 0.1) is 0 Å². The topological polar surface area (TPSA) is 55.4 Å². The Hall–Kier alpha value is -1.11. The molecule has 1 fully saturated rings. The summed E-state index contributed by atoms with van der Waals surface area (Å²) in [6.45, 7) is 0.542. The Bertz CT molecular complexity index is 234. The molecule has 0 aromatic heterocycles. The second-order valence-corrected chi connectivity index (χ2v) is 2.50. The maximum absolute atomic E-state index is 11.5. The summed E-state index contributed by atoms with van der Waals surface area (Å²) in [6, 6.07) is -0.772. The molecule has 0 spiro atoms. The van der Waals surface area contributed by atoms with E-state index in [-0.39, 0.29) is 0 Å². The molecule has 0 radical (unpaired) electrons. The van der Waals surface area contributed by atoms with E-state index in [0.29, 0.717) is 13.0 Å². The van der Waals surface area contributed by atoms with Crippen LogP contribution in [0.4, 0.5) is 13.2 Å². The van der Waals surface area contributed by atoms with Crippen molar-refractivity contribution in [3.05, 3.63) is 0 Å². The molecule has 0 saturated carbocycles. The van der Waals surface area contributed by atoms with Gasteiger partial charge in [-0.3, -0.25) is 0 Å². The second kappa shape index (κ2) is 3.33. The first-order chi connectivity index (χ1) is 5.91. The Balaban J connectivity index is 2.39. The lowest BCUT2D eigenvalue weighted by Crippen LogP contribution is -2.50. The van der Waals surface area contributed by atoms with Crippen LogP contribution in [-0.4, -0.2) is 30.7 Å². The SMILES string of the molecule is O=C(OC(=O)C(F)(F)F)[C@H]1CCN1. The number of carbonyl (C=O) groups excluding carboxylic acids is 2. The molecule has 0 bridgehead atoms. The van der Waals surface area contributed by atoms with Gasteiger partial charge in [0.15, 0.2) is 0 Å². The van der Waals surface area contributed by atoms with Crippen molar-refractivity contribution in [3.8, 4) is 0 Å². The van der Waals surface area contributed by atoms with Gasteiger partial charge in [0, 0.05) is 0 Å². The van der Waals surface area contributed by atoms with Crippen LogP contribution in [0.5, 0.6) is 0 Å². The predicted molar refractivity (Wildman–Crippen MR) is 33.6 cm³/mol. The highest BCUT2D eigenvalue weighted by molar-refractivity contribution is 5.91. The van der Waals surface area contributed by atoms with Gasteiger partial charge in [0.2, 0.25) is 0 Å². The van der Waals surface area contributed by atoms with E-state index in [1.54, 1.807) is 0 Å². The Labute approximate surface area is 71.0 Å². The summed E-state index contributed by atoms with van der Waals surface area (Å²) >= 11 is 0. The largest absolute Gasteiger partial charge is 0.491 e. The fraction of sp³-hybridized carbons (Fsp3) is 0.667. The Kier molecular flexibility index (Phi) is 2.55. The first-order valence-corrected chi connectivity index (χ1v) is 3.47. The van der Waals surface area contributed by atoms with Crippen LogP contribution in [-0.2, 0) is 14.3 Å². The van der Waals surface area contributed by atoms with Gasteiger partial charge in [0.05, 0.1) is 0 Å². The van der Waals surface area contributed by atoms with Crippen LogP contribution in [0.1, 0.15) is 6.42 Å². The summed E-state index contributed by atoms with van der Waals surface area (Å²) in [7, 11) is 0. The third-order valence-electron chi connectivity index (χ3n) is 1.53. The summed E-state index contributed by atoms with van der Waals surface area (Å²) in [4.78, 5) is 20.8. The van der Waals surface area contributed by atoms with Gasteiger partial charge in [-0.05, 0) is 13.0 Å². The molecule has 0 aliphatic carbocycles. The first-order valence-electron chi connectivity index (χ1n) is 3.47. The summed E-state index contributed by atoms with van der Waals surface area (Å²) in [6.07, 6.45) is -4.72. The van der Waals surface area contributed by atoms with Crippen LogP contribution in [0.2, 0.25) is 0 Å². The van der Waals surface area contributed by atoms with Gasteiger partial charge in [-0.2, -0.15) is 13.2 Å². The normalized spacial score (nSPS) is 21.9. The van der Waals surface area contributed by atoms with Crippen molar-refractivity contribution in [2.45, 2.75) is 18.6 Å². The maximum Gasteiger partial charge on any atom is 0.491 e. The zero-order valence-corrected chi connectivity index (χ0v) is 6.35. The van der Waals surface area contributed by atoms with Gasteiger partial charge in [-0.15, -0.1) is 0 Å². The van der Waals surface area contributed by atoms with Gasteiger partial charge in [0.25, 0.3) is 0 Å². The van der Waals surface area contributed by atoms with E-state index in [2.05, 4.69) is 10.1 Å². The van der Waals surface area contributed by atoms with E-state index in [1.165, 1.54) is 0 Å². The lowest BCUT2D eigenvalue weighted by molar-refractivity contribution is -0.203. The fourth-order valence-electron chi connectivity index (χ4n) is 0.710. The monoisotopic (exact) mass is 197 g/mol. The van der Waals surface area contributed by atoms with Gasteiger partial charge in [-0.1, -0.05) is 0 Å². The van der Waals surface area contributed by atoms with Gasteiger partial charge in [0.1, 0.15) is 6.04 Å². The number of rotatable bonds is 1. The molecule has 1 aliphatic heterocycles. The predicted octanol–water partition coefficient (Wildman–Crippen LogP) is -0.0196. The number of alkyl halides is 3. The number of halogens is 3. The summed E-state index contributed by atoms with van der Waals surface area (Å²) in [5.74, 6) is -3.64. The number of hydrogen-bond acceptors (Lipinski definition) is 4. The summed E-state index contributed by atoms with van der Waals surface area (Å²) in [5.41, 5.74) is 0. The van der Waals surface area contributed by atoms with Crippen LogP contribution < -0.4 is 5.32 Å². The van der Waals surface area contributed by atoms with Crippen LogP contribution in [0.15, 0.2) is 0 Å². The number of carbonyl (C=O) groups is 2. The molecule has 1 N–H and O–H groups in total. The number of nitrogens with one attached hydrogen (secondary N) is 1. The summed E-state index contributed by atoms with van der Waals surface area (Å²) < 4.78 is 38.2. The Morgan fingerprint density at radius 1 is 1.38 bits per heavy atom. The molecule has 7 heteroatoms. The smallest absolute Gasteiger partial charge is 0.385 e. The fourth-order valence-corrected chi connectivity index (χ4v) is 0.710. The van der Waals surface area contributed by atoms with Crippen molar-refractivity contribution < 1.29 is 27.5 Å². The van der Waals surface area contributed by atoms with Crippen molar-refractivity contribution in [1.82, 2.24) is 5.32 Å². The number of ether oxygens (including phenoxy) is 1. The van der Waals surface area contributed by atoms with Gasteiger partial charge >= 0.3 is 18.1 Å². The molecule has 13 heavy (non-hydrogen) atoms. The van der Waals surface area contributed by atoms with Crippen LogP contribution in [0.3, 0.4) is 0 Å². The molecular weight excluding hydrogens is 191 g/mol. The highest BCUT2D eigenvalue weighted by Gasteiger charge is 2.43. The van der Waals surface area contributed by atoms with Crippen molar-refractivity contribution in [3.63, 3.8) is 0 Å². The van der Waals surface area contributed by atoms with Crippen molar-refractivity contribution >= 4 is 11.9 Å². The quantitative estimate of drug-likeness (QED) is 0.474. The van der Waals surface area contributed by atoms with Gasteiger partial charge < -0.3 is 10.1 Å². The van der Waals surface area contributed by atoms with E-state index in [9.17, 15) is 22.8 Å². The molecule has 1 atom stereocenters. The van der Waals surface area contributed by atoms with Crippen LogP contribution in [0.25, 0.3) is 0 Å². The molecule has 0 aromatic rings. The third kappa shape index (κ3) is 2.41.